The first-order valence-corrected chi connectivity index (χ1v) is 11.7. The molecule has 0 bridgehead atoms. The number of ether oxygens (including phenoxy) is 1. The number of rotatable bonds is 5. The molecule has 1 fully saturated rings. The number of methoxy groups -OCH3 is 1. The summed E-state index contributed by atoms with van der Waals surface area (Å²) >= 11 is 0. The van der Waals surface area contributed by atoms with E-state index >= 15 is 0 Å². The minimum atomic E-state index is -3.98. The molecule has 4 rings (SSSR count). The van der Waals surface area contributed by atoms with Gasteiger partial charge in [0.2, 0.25) is 5.95 Å². The number of imidazole rings is 1. The van der Waals surface area contributed by atoms with Crippen molar-refractivity contribution in [2.45, 2.75) is 49.3 Å². The van der Waals surface area contributed by atoms with Crippen LogP contribution in [0.15, 0.2) is 47.4 Å². The smallest absolute Gasteiger partial charge is 0.413 e. The van der Waals surface area contributed by atoms with Gasteiger partial charge < -0.3 is 13.9 Å². The van der Waals surface area contributed by atoms with Gasteiger partial charge in [0.25, 0.3) is 0 Å². The molecule has 1 aromatic heterocycles. The number of hydrogen-bond acceptors (Lipinski definition) is 6. The van der Waals surface area contributed by atoms with Crippen LogP contribution in [-0.2, 0) is 14.9 Å². The van der Waals surface area contributed by atoms with Gasteiger partial charge >= 0.3 is 16.2 Å². The largest absolute Gasteiger partial charge is 0.453 e. The molecule has 1 saturated carbocycles. The lowest BCUT2D eigenvalue weighted by molar-refractivity contribution is 0.186. The Morgan fingerprint density at radius 3 is 2.45 bits per heavy atom. The number of anilines is 1. The van der Waals surface area contributed by atoms with Crippen molar-refractivity contribution in [2.75, 3.05) is 12.4 Å². The van der Waals surface area contributed by atoms with E-state index in [-0.39, 0.29) is 16.6 Å². The summed E-state index contributed by atoms with van der Waals surface area (Å²) in [7, 11) is -2.73. The summed E-state index contributed by atoms with van der Waals surface area (Å²) in [6, 6.07) is 11.7. The van der Waals surface area contributed by atoms with E-state index in [1.54, 1.807) is 18.2 Å². The Morgan fingerprint density at radius 1 is 1.06 bits per heavy atom. The summed E-state index contributed by atoms with van der Waals surface area (Å²) in [5, 5.41) is 2.42. The Kier molecular flexibility index (Phi) is 6.13. The van der Waals surface area contributed by atoms with Crippen LogP contribution in [0.1, 0.15) is 50.0 Å². The number of aromatic nitrogens is 2. The highest BCUT2D eigenvalue weighted by atomic mass is 32.2. The quantitative estimate of drug-likeness (QED) is 0.427. The zero-order valence-corrected chi connectivity index (χ0v) is 18.1. The molecule has 1 aliphatic rings. The van der Waals surface area contributed by atoms with E-state index in [1.165, 1.54) is 50.5 Å². The molecule has 1 aliphatic carbocycles. The average Bonchev–Trinajstić information content (AvgIpc) is 2.96. The Balaban J connectivity index is 1.49. The van der Waals surface area contributed by atoms with Crippen molar-refractivity contribution in [1.29, 1.82) is 0 Å². The van der Waals surface area contributed by atoms with E-state index in [0.29, 0.717) is 17.0 Å². The van der Waals surface area contributed by atoms with Crippen molar-refractivity contribution >= 4 is 33.2 Å². The van der Waals surface area contributed by atoms with Crippen LogP contribution in [0.2, 0.25) is 0 Å². The molecule has 0 radical (unpaired) electrons. The second kappa shape index (κ2) is 8.97. The second-order valence-corrected chi connectivity index (χ2v) is 9.22. The van der Waals surface area contributed by atoms with Crippen LogP contribution >= 0.6 is 0 Å². The minimum absolute atomic E-state index is 0.114. The highest BCUT2D eigenvalue weighted by molar-refractivity contribution is 7.87. The molecule has 2 N–H and O–H groups in total. The molecule has 0 spiro atoms. The summed E-state index contributed by atoms with van der Waals surface area (Å²) in [6.45, 7) is 0. The summed E-state index contributed by atoms with van der Waals surface area (Å²) < 4.78 is 35.3. The van der Waals surface area contributed by atoms with Gasteiger partial charge in [-0.15, -0.1) is 0 Å². The molecule has 0 aliphatic heterocycles. The molecule has 1 amide bonds. The highest BCUT2D eigenvalue weighted by Crippen LogP contribution is 2.32. The number of nitrogens with one attached hydrogen (secondary N) is 2. The first kappa shape index (κ1) is 21.2. The molecule has 8 nitrogen and oxygen atoms in total. The Bertz CT molecular complexity index is 1160. The van der Waals surface area contributed by atoms with Gasteiger partial charge in [0.1, 0.15) is 10.6 Å². The molecule has 31 heavy (non-hydrogen) atoms. The average molecular weight is 444 g/mol. The fourth-order valence-corrected chi connectivity index (χ4v) is 4.86. The van der Waals surface area contributed by atoms with E-state index in [0.717, 1.165) is 12.8 Å². The van der Waals surface area contributed by atoms with Gasteiger partial charge in [-0.25, -0.2) is 9.78 Å². The number of benzene rings is 2. The zero-order chi connectivity index (χ0) is 21.8. The molecular formula is C22H25N3O5S. The van der Waals surface area contributed by atoms with Crippen molar-refractivity contribution < 1.29 is 22.1 Å². The summed E-state index contributed by atoms with van der Waals surface area (Å²) in [4.78, 5) is 18.5. The maximum absolute atomic E-state index is 12.7. The molecule has 0 atom stereocenters. The first-order chi connectivity index (χ1) is 14.9. The Labute approximate surface area is 181 Å². The molecule has 0 unspecified atom stereocenters. The third-order valence-electron chi connectivity index (χ3n) is 5.56. The fraction of sp³-hybridized carbons (Fsp3) is 0.364. The lowest BCUT2D eigenvalue weighted by atomic mass is 9.92. The van der Waals surface area contributed by atoms with Crippen LogP contribution in [0.4, 0.5) is 10.7 Å². The van der Waals surface area contributed by atoms with Crippen LogP contribution < -0.4 is 9.50 Å². The second-order valence-electron chi connectivity index (χ2n) is 7.68. The number of aromatic amines is 1. The molecule has 164 valence electrons. The van der Waals surface area contributed by atoms with Gasteiger partial charge in [-0.2, -0.15) is 8.42 Å². The topological polar surface area (TPSA) is 110 Å². The summed E-state index contributed by atoms with van der Waals surface area (Å²) in [5.41, 5.74) is 2.25. The fourth-order valence-electron chi connectivity index (χ4n) is 3.94. The maximum Gasteiger partial charge on any atom is 0.413 e. The van der Waals surface area contributed by atoms with E-state index in [9.17, 15) is 13.2 Å². The number of amides is 1. The minimum Gasteiger partial charge on any atom is -0.453 e. The molecular weight excluding hydrogens is 418 g/mol. The van der Waals surface area contributed by atoms with Crippen molar-refractivity contribution in [3.8, 4) is 5.75 Å². The number of carbonyl (C=O) groups is 1. The zero-order valence-electron chi connectivity index (χ0n) is 17.3. The van der Waals surface area contributed by atoms with Crippen LogP contribution in [0.3, 0.4) is 0 Å². The molecule has 9 heteroatoms. The number of carbonyl (C=O) groups excluding carboxylic acids is 1. The first-order valence-electron chi connectivity index (χ1n) is 10.3. The van der Waals surface area contributed by atoms with E-state index in [2.05, 4.69) is 20.0 Å². The molecule has 1 heterocycles. The molecule has 3 aromatic rings. The van der Waals surface area contributed by atoms with Crippen molar-refractivity contribution in [1.82, 2.24) is 9.97 Å². The highest BCUT2D eigenvalue weighted by Gasteiger charge is 2.20. The maximum atomic E-state index is 12.7. The van der Waals surface area contributed by atoms with E-state index in [4.69, 9.17) is 4.18 Å². The van der Waals surface area contributed by atoms with Crippen molar-refractivity contribution in [3.05, 3.63) is 48.0 Å². The summed E-state index contributed by atoms with van der Waals surface area (Å²) in [5.74, 6) is 0.834. The number of nitrogens with zero attached hydrogens (tertiary/aromatic N) is 1. The van der Waals surface area contributed by atoms with Gasteiger partial charge in [0, 0.05) is 6.07 Å². The number of fused-ring (bicyclic) bond motifs is 1. The van der Waals surface area contributed by atoms with Gasteiger partial charge in [0.05, 0.1) is 18.1 Å². The SMILES string of the molecule is COC(=O)Nc1nc2ccc(OS(=O)(=O)c3ccc(C4CCCCCC4)cc3)cc2[nH]1. The predicted molar refractivity (Wildman–Crippen MR) is 117 cm³/mol. The van der Waals surface area contributed by atoms with Gasteiger partial charge in [-0.3, -0.25) is 5.32 Å². The van der Waals surface area contributed by atoms with Gasteiger partial charge in [-0.1, -0.05) is 37.8 Å². The lowest BCUT2D eigenvalue weighted by Gasteiger charge is -2.15. The lowest BCUT2D eigenvalue weighted by Crippen LogP contribution is -2.11. The van der Waals surface area contributed by atoms with Gasteiger partial charge in [-0.05, 0) is 48.6 Å². The predicted octanol–water partition coefficient (Wildman–Crippen LogP) is 4.95. The number of hydrogen-bond donors (Lipinski definition) is 2. The molecule has 0 saturated heterocycles. The van der Waals surface area contributed by atoms with Crippen LogP contribution in [0.25, 0.3) is 11.0 Å². The molecule has 2 aromatic carbocycles. The van der Waals surface area contributed by atoms with Crippen LogP contribution in [0.5, 0.6) is 5.75 Å². The number of H-pyrrole nitrogens is 1. The third kappa shape index (κ3) is 4.99. The third-order valence-corrected chi connectivity index (χ3v) is 6.82. The monoisotopic (exact) mass is 443 g/mol. The summed E-state index contributed by atoms with van der Waals surface area (Å²) in [6.07, 6.45) is 6.64. The van der Waals surface area contributed by atoms with Crippen LogP contribution in [-0.4, -0.2) is 31.6 Å². The normalized spacial score (nSPS) is 15.4. The van der Waals surface area contributed by atoms with Crippen molar-refractivity contribution in [3.63, 3.8) is 0 Å². The van der Waals surface area contributed by atoms with E-state index < -0.39 is 16.2 Å². The van der Waals surface area contributed by atoms with Crippen LogP contribution in [0, 0.1) is 0 Å². The van der Waals surface area contributed by atoms with E-state index in [1.807, 2.05) is 12.1 Å². The Hall–Kier alpha value is -3.07. The van der Waals surface area contributed by atoms with Gasteiger partial charge in [0.15, 0.2) is 0 Å². The Morgan fingerprint density at radius 2 is 1.77 bits per heavy atom. The standard InChI is InChI=1S/C22H25N3O5S/c1-29-22(26)25-21-23-19-13-10-17(14-20(19)24-21)30-31(27,28)18-11-8-16(9-12-18)15-6-4-2-3-5-7-15/h8-15H,2-7H2,1H3,(H2,23,24,25,26). The van der Waals surface area contributed by atoms with Crippen molar-refractivity contribution in [2.24, 2.45) is 0 Å².